The topological polar surface area (TPSA) is 72.7 Å². The molecule has 4 nitrogen and oxygen atoms in total. The first kappa shape index (κ1) is 19.2. The molecule has 4 saturated carbocycles. The Morgan fingerprint density at radius 3 is 2.54 bits per heavy atom. The number of rotatable bonds is 4. The van der Waals surface area contributed by atoms with Gasteiger partial charge in [0.15, 0.2) is 0 Å². The van der Waals surface area contributed by atoms with Gasteiger partial charge in [0, 0.05) is 6.54 Å². The molecule has 4 fully saturated rings. The Hall–Kier alpha value is -0.160. The van der Waals surface area contributed by atoms with Gasteiger partial charge in [-0.05, 0) is 105 Å². The van der Waals surface area contributed by atoms with Crippen LogP contribution >= 0.6 is 0 Å². The van der Waals surface area contributed by atoms with Crippen LogP contribution in [0.4, 0.5) is 0 Å². The van der Waals surface area contributed by atoms with E-state index >= 15 is 0 Å². The van der Waals surface area contributed by atoms with Gasteiger partial charge in [0.25, 0.3) is 0 Å². The van der Waals surface area contributed by atoms with Gasteiger partial charge >= 0.3 is 0 Å². The molecule has 26 heavy (non-hydrogen) atoms. The van der Waals surface area contributed by atoms with Crippen LogP contribution in [-0.4, -0.2) is 33.7 Å². The zero-order valence-corrected chi connectivity index (χ0v) is 16.7. The molecule has 4 N–H and O–H groups in total. The molecule has 0 saturated heterocycles. The van der Waals surface area contributed by atoms with Crippen molar-refractivity contribution in [2.24, 2.45) is 34.5 Å². The molecule has 4 heteroatoms. The fourth-order valence-corrected chi connectivity index (χ4v) is 8.20. The number of hydroxylamine groups is 1. The molecule has 0 aromatic heterocycles. The highest BCUT2D eigenvalue weighted by molar-refractivity contribution is 5.16. The molecule has 4 aliphatic rings. The fourth-order valence-electron chi connectivity index (χ4n) is 8.20. The molecule has 0 bridgehead atoms. The average Bonchev–Trinajstić information content (AvgIpc) is 2.88. The molecule has 150 valence electrons. The summed E-state index contributed by atoms with van der Waals surface area (Å²) in [5.41, 5.74) is 2.15. The third-order valence-corrected chi connectivity index (χ3v) is 9.86. The van der Waals surface area contributed by atoms with Gasteiger partial charge in [0.1, 0.15) is 0 Å². The molecule has 8 atom stereocenters. The highest BCUT2D eigenvalue weighted by Crippen LogP contribution is 2.69. The summed E-state index contributed by atoms with van der Waals surface area (Å²) in [4.78, 5) is 0. The van der Waals surface area contributed by atoms with Crippen LogP contribution in [0.3, 0.4) is 0 Å². The van der Waals surface area contributed by atoms with Gasteiger partial charge in [-0.1, -0.05) is 13.8 Å². The highest BCUT2D eigenvalue weighted by Gasteiger charge is 2.66. The van der Waals surface area contributed by atoms with E-state index in [2.05, 4.69) is 19.3 Å². The van der Waals surface area contributed by atoms with E-state index in [1.807, 2.05) is 0 Å². The molecule has 0 radical (unpaired) electrons. The van der Waals surface area contributed by atoms with Crippen molar-refractivity contribution in [2.75, 3.05) is 6.54 Å². The summed E-state index contributed by atoms with van der Waals surface area (Å²) < 4.78 is 0. The number of hydrogen-bond acceptors (Lipinski definition) is 4. The lowest BCUT2D eigenvalue weighted by molar-refractivity contribution is -0.210. The maximum atomic E-state index is 12.0. The van der Waals surface area contributed by atoms with Crippen molar-refractivity contribution in [1.82, 2.24) is 5.48 Å². The summed E-state index contributed by atoms with van der Waals surface area (Å²) in [6.45, 7) is 5.50. The van der Waals surface area contributed by atoms with Crippen molar-refractivity contribution < 1.29 is 15.4 Å². The summed E-state index contributed by atoms with van der Waals surface area (Å²) >= 11 is 0. The zero-order chi connectivity index (χ0) is 18.6. The molecule has 0 amide bonds. The predicted molar refractivity (Wildman–Crippen MR) is 102 cm³/mol. The Morgan fingerprint density at radius 1 is 0.962 bits per heavy atom. The van der Waals surface area contributed by atoms with E-state index in [1.165, 1.54) is 12.8 Å². The second-order valence-electron chi connectivity index (χ2n) is 10.6. The third-order valence-electron chi connectivity index (χ3n) is 9.86. The number of fused-ring (bicyclic) bond motifs is 5. The first-order valence-electron chi connectivity index (χ1n) is 11.1. The second-order valence-corrected chi connectivity index (χ2v) is 10.6. The van der Waals surface area contributed by atoms with Crippen LogP contribution in [-0.2, 0) is 0 Å². The van der Waals surface area contributed by atoms with Gasteiger partial charge in [0.2, 0.25) is 0 Å². The maximum absolute atomic E-state index is 12.0. The largest absolute Gasteiger partial charge is 0.393 e. The van der Waals surface area contributed by atoms with E-state index in [0.717, 1.165) is 57.8 Å². The lowest BCUT2D eigenvalue weighted by Crippen LogP contribution is -2.62. The number of aliphatic hydroxyl groups excluding tert-OH is 1. The van der Waals surface area contributed by atoms with Crippen molar-refractivity contribution in [3.63, 3.8) is 0 Å². The van der Waals surface area contributed by atoms with Gasteiger partial charge in [-0.3, -0.25) is 0 Å². The van der Waals surface area contributed by atoms with Crippen molar-refractivity contribution in [3.8, 4) is 0 Å². The highest BCUT2D eigenvalue weighted by atomic mass is 16.5. The van der Waals surface area contributed by atoms with Crippen molar-refractivity contribution in [2.45, 2.75) is 96.2 Å². The van der Waals surface area contributed by atoms with Gasteiger partial charge in [-0.15, -0.1) is 0 Å². The quantitative estimate of drug-likeness (QED) is 0.451. The minimum absolute atomic E-state index is 0.0427. The van der Waals surface area contributed by atoms with Crippen LogP contribution in [0, 0.1) is 34.5 Å². The predicted octanol–water partition coefficient (Wildman–Crippen LogP) is 3.88. The first-order chi connectivity index (χ1) is 12.3. The molecule has 3 unspecified atom stereocenters. The minimum Gasteiger partial charge on any atom is -0.393 e. The molecule has 0 aromatic carbocycles. The zero-order valence-electron chi connectivity index (χ0n) is 16.7. The number of hydrogen-bond donors (Lipinski definition) is 4. The van der Waals surface area contributed by atoms with E-state index in [4.69, 9.17) is 5.21 Å². The van der Waals surface area contributed by atoms with Crippen molar-refractivity contribution in [3.05, 3.63) is 0 Å². The maximum Gasteiger partial charge on any atom is 0.0734 e. The van der Waals surface area contributed by atoms with Crippen LogP contribution in [0.25, 0.3) is 0 Å². The van der Waals surface area contributed by atoms with E-state index in [9.17, 15) is 10.2 Å². The normalized spacial score (nSPS) is 53.7. The van der Waals surface area contributed by atoms with Crippen LogP contribution in [0.15, 0.2) is 0 Å². The second kappa shape index (κ2) is 6.72. The molecule has 4 rings (SSSR count). The molecule has 0 aromatic rings. The Balaban J connectivity index is 1.56. The molecule has 0 heterocycles. The van der Waals surface area contributed by atoms with Gasteiger partial charge in [0.05, 0.1) is 11.7 Å². The first-order valence-corrected chi connectivity index (χ1v) is 11.1. The van der Waals surface area contributed by atoms with Crippen molar-refractivity contribution >= 4 is 0 Å². The monoisotopic (exact) mass is 365 g/mol. The van der Waals surface area contributed by atoms with Gasteiger partial charge < -0.3 is 15.4 Å². The Kier molecular flexibility index (Phi) is 4.95. The van der Waals surface area contributed by atoms with E-state index in [0.29, 0.717) is 35.6 Å². The fraction of sp³-hybridized carbons (Fsp3) is 1.00. The van der Waals surface area contributed by atoms with E-state index < -0.39 is 5.60 Å². The summed E-state index contributed by atoms with van der Waals surface area (Å²) in [5.74, 6) is 2.30. The van der Waals surface area contributed by atoms with Crippen LogP contribution in [0.1, 0.15) is 84.5 Å². The average molecular weight is 366 g/mol. The van der Waals surface area contributed by atoms with E-state index in [1.54, 1.807) is 0 Å². The van der Waals surface area contributed by atoms with Crippen LogP contribution < -0.4 is 5.48 Å². The lowest BCUT2D eigenvalue weighted by Gasteiger charge is -2.63. The molecule has 4 aliphatic carbocycles. The standard InChI is InChI=1S/C22H39NO3/c1-20-10-8-17(24)14-16(20)5-6-19-18(20)9-11-21(2)15(4-3-13-23-26)7-12-22(19,21)25/h15-19,23-26H,3-14H2,1-2H3/t15?,16?,17?,18-,19-,20+,21-,22-/m1/s1. The SMILES string of the molecule is C[C@]12CCC(O)CC1CC[C@@H]1[C@H]2CC[C@]2(C)C(CCCNO)CC[C@@]12O. The summed E-state index contributed by atoms with van der Waals surface area (Å²) in [5, 5.41) is 31.1. The molecular weight excluding hydrogens is 326 g/mol. The smallest absolute Gasteiger partial charge is 0.0734 e. The third kappa shape index (κ3) is 2.62. The molecular formula is C22H39NO3. The molecule has 0 aliphatic heterocycles. The van der Waals surface area contributed by atoms with Crippen LogP contribution in [0.2, 0.25) is 0 Å². The Morgan fingerprint density at radius 2 is 1.77 bits per heavy atom. The summed E-state index contributed by atoms with van der Waals surface area (Å²) in [7, 11) is 0. The van der Waals surface area contributed by atoms with E-state index in [-0.39, 0.29) is 11.5 Å². The number of aliphatic hydroxyl groups is 2. The minimum atomic E-state index is -0.503. The van der Waals surface area contributed by atoms with Gasteiger partial charge in [-0.2, -0.15) is 0 Å². The molecule has 0 spiro atoms. The summed E-state index contributed by atoms with van der Waals surface area (Å²) in [6, 6.07) is 0. The lowest BCUT2D eigenvalue weighted by atomic mass is 9.43. The Bertz CT molecular complexity index is 528. The Labute approximate surface area is 158 Å². The van der Waals surface area contributed by atoms with Crippen LogP contribution in [0.5, 0.6) is 0 Å². The van der Waals surface area contributed by atoms with Crippen molar-refractivity contribution in [1.29, 1.82) is 0 Å². The van der Waals surface area contributed by atoms with Gasteiger partial charge in [-0.25, -0.2) is 5.48 Å². The number of nitrogens with one attached hydrogen (secondary N) is 1. The summed E-state index contributed by atoms with van der Waals surface area (Å²) in [6.07, 6.45) is 11.9.